The Morgan fingerprint density at radius 1 is 0.931 bits per heavy atom. The molecule has 0 saturated carbocycles. The minimum Gasteiger partial charge on any atom is -0.495 e. The van der Waals surface area contributed by atoms with Crippen LogP contribution in [0.2, 0.25) is 0 Å². The third kappa shape index (κ3) is 3.60. The minimum atomic E-state index is -0.372. The lowest BCUT2D eigenvalue weighted by molar-refractivity contribution is -0.123. The van der Waals surface area contributed by atoms with E-state index in [2.05, 4.69) is 15.9 Å². The first-order chi connectivity index (χ1) is 14.0. The third-order valence-corrected chi connectivity index (χ3v) is 5.90. The molecule has 0 radical (unpaired) electrons. The summed E-state index contributed by atoms with van der Waals surface area (Å²) in [4.78, 5) is 31.6. The van der Waals surface area contributed by atoms with Crippen LogP contribution in [0.25, 0.3) is 0 Å². The molecular weight excluding hydrogens is 366 g/mol. The van der Waals surface area contributed by atoms with Crippen LogP contribution in [0.1, 0.15) is 17.5 Å². The minimum absolute atomic E-state index is 0.104. The molecule has 2 aromatic rings. The van der Waals surface area contributed by atoms with Crippen molar-refractivity contribution in [2.24, 2.45) is 0 Å². The number of methoxy groups -OCH3 is 1. The summed E-state index contributed by atoms with van der Waals surface area (Å²) in [6.07, 6.45) is 0.251. The van der Waals surface area contributed by atoms with Gasteiger partial charge in [0, 0.05) is 26.2 Å². The van der Waals surface area contributed by atoms with Crippen molar-refractivity contribution in [1.29, 1.82) is 0 Å². The zero-order valence-corrected chi connectivity index (χ0v) is 17.2. The van der Waals surface area contributed by atoms with Gasteiger partial charge in [-0.1, -0.05) is 29.8 Å². The quantitative estimate of drug-likeness (QED) is 0.748. The summed E-state index contributed by atoms with van der Waals surface area (Å²) >= 11 is 0. The molecule has 29 heavy (non-hydrogen) atoms. The molecule has 2 saturated heterocycles. The number of amides is 2. The molecule has 6 heteroatoms. The van der Waals surface area contributed by atoms with Crippen molar-refractivity contribution in [2.45, 2.75) is 26.3 Å². The van der Waals surface area contributed by atoms with E-state index in [0.717, 1.165) is 48.7 Å². The average molecular weight is 393 g/mol. The van der Waals surface area contributed by atoms with E-state index in [1.165, 1.54) is 4.90 Å². The molecule has 1 atom stereocenters. The molecule has 2 amide bonds. The molecule has 0 spiro atoms. The van der Waals surface area contributed by atoms with Crippen molar-refractivity contribution in [3.8, 4) is 5.75 Å². The molecule has 0 N–H and O–H groups in total. The highest BCUT2D eigenvalue weighted by Gasteiger charge is 2.43. The molecule has 0 bridgehead atoms. The summed E-state index contributed by atoms with van der Waals surface area (Å²) in [5.74, 6) is 0.640. The topological polar surface area (TPSA) is 53.1 Å². The van der Waals surface area contributed by atoms with Crippen molar-refractivity contribution in [3.63, 3.8) is 0 Å². The van der Waals surface area contributed by atoms with Gasteiger partial charge in [-0.3, -0.25) is 14.5 Å². The molecule has 2 aliphatic rings. The second kappa shape index (κ2) is 7.87. The third-order valence-electron chi connectivity index (χ3n) is 5.90. The van der Waals surface area contributed by atoms with E-state index in [-0.39, 0.29) is 24.3 Å². The summed E-state index contributed by atoms with van der Waals surface area (Å²) in [6, 6.07) is 13.4. The molecule has 0 unspecified atom stereocenters. The Labute approximate surface area is 171 Å². The van der Waals surface area contributed by atoms with Crippen molar-refractivity contribution in [2.75, 3.05) is 43.1 Å². The normalized spacial score (nSPS) is 20.4. The predicted molar refractivity (Wildman–Crippen MR) is 114 cm³/mol. The van der Waals surface area contributed by atoms with Crippen molar-refractivity contribution >= 4 is 23.2 Å². The predicted octanol–water partition coefficient (Wildman–Crippen LogP) is 2.77. The van der Waals surface area contributed by atoms with Gasteiger partial charge in [-0.15, -0.1) is 0 Å². The van der Waals surface area contributed by atoms with Gasteiger partial charge in [0.2, 0.25) is 5.91 Å². The van der Waals surface area contributed by atoms with Gasteiger partial charge in [-0.25, -0.2) is 4.90 Å². The van der Waals surface area contributed by atoms with Crippen LogP contribution in [-0.4, -0.2) is 56.0 Å². The number of carbonyl (C=O) groups excluding carboxylic acids is 2. The number of hydrogen-bond acceptors (Lipinski definition) is 5. The number of piperazine rings is 1. The first kappa shape index (κ1) is 19.5. The highest BCUT2D eigenvalue weighted by molar-refractivity contribution is 6.22. The summed E-state index contributed by atoms with van der Waals surface area (Å²) in [6.45, 7) is 7.02. The van der Waals surface area contributed by atoms with Gasteiger partial charge in [-0.05, 0) is 37.6 Å². The first-order valence-corrected chi connectivity index (χ1v) is 10.1. The van der Waals surface area contributed by atoms with Crippen molar-refractivity contribution < 1.29 is 14.3 Å². The molecule has 2 heterocycles. The lowest BCUT2D eigenvalue weighted by Gasteiger charge is -2.38. The molecule has 2 aromatic carbocycles. The number of benzene rings is 2. The van der Waals surface area contributed by atoms with E-state index >= 15 is 0 Å². The SMILES string of the molecule is COc1ccccc1N1CCN([C@@H]2CC(=O)N(c3ccc(C)cc3C)C2=O)CC1. The maximum Gasteiger partial charge on any atom is 0.251 e. The van der Waals surface area contributed by atoms with Crippen LogP contribution in [0.3, 0.4) is 0 Å². The van der Waals surface area contributed by atoms with Crippen molar-refractivity contribution in [3.05, 3.63) is 53.6 Å². The van der Waals surface area contributed by atoms with Gasteiger partial charge in [0.25, 0.3) is 5.91 Å². The van der Waals surface area contributed by atoms with E-state index in [1.54, 1.807) is 7.11 Å². The van der Waals surface area contributed by atoms with Gasteiger partial charge >= 0.3 is 0 Å². The molecular formula is C23H27N3O3. The molecule has 6 nitrogen and oxygen atoms in total. The standard InChI is InChI=1S/C23H27N3O3/c1-16-8-9-18(17(2)14-16)26-22(27)15-20(23(26)28)25-12-10-24(11-13-25)19-6-4-5-7-21(19)29-3/h4-9,14,20H,10-13,15H2,1-3H3/t20-/m1/s1. The van der Waals surface area contributed by atoms with Gasteiger partial charge in [0.05, 0.1) is 30.9 Å². The largest absolute Gasteiger partial charge is 0.495 e. The lowest BCUT2D eigenvalue weighted by Crippen LogP contribution is -2.52. The maximum absolute atomic E-state index is 13.1. The number of ether oxygens (including phenoxy) is 1. The molecule has 4 rings (SSSR count). The average Bonchev–Trinajstić information content (AvgIpc) is 3.02. The molecule has 0 aliphatic carbocycles. The van der Waals surface area contributed by atoms with E-state index in [0.29, 0.717) is 5.69 Å². The van der Waals surface area contributed by atoms with Crippen LogP contribution in [0.4, 0.5) is 11.4 Å². The van der Waals surface area contributed by atoms with Gasteiger partial charge in [0.1, 0.15) is 5.75 Å². The van der Waals surface area contributed by atoms with Crippen LogP contribution in [-0.2, 0) is 9.59 Å². The van der Waals surface area contributed by atoms with Gasteiger partial charge in [-0.2, -0.15) is 0 Å². The van der Waals surface area contributed by atoms with Gasteiger partial charge in [0.15, 0.2) is 0 Å². The van der Waals surface area contributed by atoms with E-state index in [4.69, 9.17) is 4.74 Å². The zero-order chi connectivity index (χ0) is 20.5. The lowest BCUT2D eigenvalue weighted by atomic mass is 10.1. The Bertz CT molecular complexity index is 935. The van der Waals surface area contributed by atoms with Crippen LogP contribution >= 0.6 is 0 Å². The Hall–Kier alpha value is -2.86. The number of hydrogen-bond donors (Lipinski definition) is 0. The summed E-state index contributed by atoms with van der Waals surface area (Å²) < 4.78 is 5.48. The second-order valence-corrected chi connectivity index (χ2v) is 7.77. The number of para-hydroxylation sites is 2. The number of imide groups is 1. The van der Waals surface area contributed by atoms with Crippen LogP contribution in [0.5, 0.6) is 5.75 Å². The molecule has 0 aromatic heterocycles. The van der Waals surface area contributed by atoms with E-state index < -0.39 is 0 Å². The molecule has 152 valence electrons. The van der Waals surface area contributed by atoms with E-state index in [9.17, 15) is 9.59 Å². The number of aryl methyl sites for hydroxylation is 2. The molecule has 2 aliphatic heterocycles. The van der Waals surface area contributed by atoms with Crippen LogP contribution < -0.4 is 14.5 Å². The van der Waals surface area contributed by atoms with Crippen LogP contribution in [0.15, 0.2) is 42.5 Å². The molecule has 2 fully saturated rings. The van der Waals surface area contributed by atoms with Crippen LogP contribution in [0, 0.1) is 13.8 Å². The smallest absolute Gasteiger partial charge is 0.251 e. The summed E-state index contributed by atoms with van der Waals surface area (Å²) in [7, 11) is 1.68. The zero-order valence-electron chi connectivity index (χ0n) is 17.2. The van der Waals surface area contributed by atoms with Crippen molar-refractivity contribution in [1.82, 2.24) is 4.90 Å². The summed E-state index contributed by atoms with van der Waals surface area (Å²) in [5.41, 5.74) is 3.85. The summed E-state index contributed by atoms with van der Waals surface area (Å²) in [5, 5.41) is 0. The second-order valence-electron chi connectivity index (χ2n) is 7.77. The first-order valence-electron chi connectivity index (χ1n) is 10.1. The highest BCUT2D eigenvalue weighted by atomic mass is 16.5. The number of rotatable bonds is 4. The Kier molecular flexibility index (Phi) is 5.28. The monoisotopic (exact) mass is 393 g/mol. The Morgan fingerprint density at radius 2 is 1.66 bits per heavy atom. The number of nitrogens with zero attached hydrogens (tertiary/aromatic N) is 3. The number of carbonyl (C=O) groups is 2. The fourth-order valence-corrected chi connectivity index (χ4v) is 4.38. The maximum atomic E-state index is 13.1. The van der Waals surface area contributed by atoms with Gasteiger partial charge < -0.3 is 9.64 Å². The highest BCUT2D eigenvalue weighted by Crippen LogP contribution is 2.31. The Morgan fingerprint density at radius 3 is 2.34 bits per heavy atom. The fourth-order valence-electron chi connectivity index (χ4n) is 4.38. The Balaban J connectivity index is 1.47. The van der Waals surface area contributed by atoms with E-state index in [1.807, 2.05) is 50.2 Å². The number of anilines is 2. The fraction of sp³-hybridized carbons (Fsp3) is 0.391.